The summed E-state index contributed by atoms with van der Waals surface area (Å²) in [6, 6.07) is 10.3. The van der Waals surface area contributed by atoms with Gasteiger partial charge in [-0.3, -0.25) is 14.8 Å². The van der Waals surface area contributed by atoms with Crippen LogP contribution in [0.3, 0.4) is 0 Å². The molecule has 0 N–H and O–H groups in total. The summed E-state index contributed by atoms with van der Waals surface area (Å²) in [4.78, 5) is 13.7. The molecule has 2 heterocycles. The van der Waals surface area contributed by atoms with Crippen LogP contribution in [0.25, 0.3) is 0 Å². The third-order valence-electron chi connectivity index (χ3n) is 6.98. The summed E-state index contributed by atoms with van der Waals surface area (Å²) in [6.45, 7) is 10.8. The smallest absolute Gasteiger partial charge is 0.127 e. The van der Waals surface area contributed by atoms with Crippen molar-refractivity contribution in [3.8, 4) is 6.07 Å². The number of likely N-dealkylation sites (N-methyl/N-ethyl adjacent to an activating group) is 1. The maximum Gasteiger partial charge on any atom is 0.127 e. The molecule has 1 spiro atoms. The van der Waals surface area contributed by atoms with Crippen LogP contribution in [0.4, 0.5) is 5.69 Å². The number of thiocarbonyl (C=S) groups is 1. The molecule has 2 saturated heterocycles. The molecule has 0 bridgehead atoms. The first-order valence-corrected chi connectivity index (χ1v) is 12.0. The van der Waals surface area contributed by atoms with Crippen molar-refractivity contribution in [3.63, 3.8) is 0 Å². The number of aliphatic imine (C=N–C) groups is 1. The topological polar surface area (TPSA) is 45.9 Å². The second kappa shape index (κ2) is 8.61. The van der Waals surface area contributed by atoms with Gasteiger partial charge >= 0.3 is 0 Å². The second-order valence-electron chi connectivity index (χ2n) is 10.4. The first-order valence-electron chi connectivity index (χ1n) is 11.6. The fourth-order valence-electron chi connectivity index (χ4n) is 5.47. The molecule has 31 heavy (non-hydrogen) atoms. The molecule has 1 aromatic rings. The minimum atomic E-state index is -0.194. The van der Waals surface area contributed by atoms with Crippen LogP contribution >= 0.6 is 12.2 Å². The van der Waals surface area contributed by atoms with Gasteiger partial charge in [0.15, 0.2) is 0 Å². The summed E-state index contributed by atoms with van der Waals surface area (Å²) >= 11 is 6.29. The van der Waals surface area contributed by atoms with Gasteiger partial charge in [0.25, 0.3) is 0 Å². The van der Waals surface area contributed by atoms with Gasteiger partial charge in [0.05, 0.1) is 28.2 Å². The molecule has 5 nitrogen and oxygen atoms in total. The largest absolute Gasteiger partial charge is 0.304 e. The zero-order valence-corrected chi connectivity index (χ0v) is 20.2. The van der Waals surface area contributed by atoms with Crippen molar-refractivity contribution in [2.24, 2.45) is 10.4 Å². The molecule has 4 rings (SSSR count). The molecule has 1 unspecified atom stereocenters. The Balaban J connectivity index is 1.84. The van der Waals surface area contributed by atoms with Gasteiger partial charge in [-0.1, -0.05) is 31.5 Å². The second-order valence-corrected chi connectivity index (χ2v) is 10.8. The number of amidine groups is 1. The molecular formula is C25H35N5S. The Labute approximate surface area is 192 Å². The van der Waals surface area contributed by atoms with Crippen LogP contribution in [0.15, 0.2) is 29.3 Å². The zero-order chi connectivity index (χ0) is 22.2. The fourth-order valence-corrected chi connectivity index (χ4v) is 5.98. The predicted octanol–water partition coefficient (Wildman–Crippen LogP) is 4.47. The van der Waals surface area contributed by atoms with E-state index in [1.807, 2.05) is 24.3 Å². The maximum atomic E-state index is 9.26. The van der Waals surface area contributed by atoms with Crippen molar-refractivity contribution >= 4 is 28.7 Å². The standard InChI is InChI=1S/C25H35N5S/c1-24(2,3)27-22-21(29-16-14-28(4)15-17-29)25(12-6-5-7-13-25)23(31)30(22)20-10-8-19(18-26)9-11-20/h8-11,21H,5-7,12-17H2,1-4H3. The first-order chi connectivity index (χ1) is 14.7. The average molecular weight is 438 g/mol. The first kappa shape index (κ1) is 22.4. The lowest BCUT2D eigenvalue weighted by Gasteiger charge is -2.45. The molecular weight excluding hydrogens is 402 g/mol. The Morgan fingerprint density at radius 1 is 1.03 bits per heavy atom. The molecule has 0 radical (unpaired) electrons. The van der Waals surface area contributed by atoms with Crippen LogP contribution in [0.2, 0.25) is 0 Å². The highest BCUT2D eigenvalue weighted by molar-refractivity contribution is 7.80. The van der Waals surface area contributed by atoms with Gasteiger partial charge in [0.1, 0.15) is 5.84 Å². The monoisotopic (exact) mass is 437 g/mol. The Morgan fingerprint density at radius 2 is 1.65 bits per heavy atom. The molecule has 1 atom stereocenters. The van der Waals surface area contributed by atoms with Crippen LogP contribution in [0, 0.1) is 16.7 Å². The Bertz CT molecular complexity index is 878. The summed E-state index contributed by atoms with van der Waals surface area (Å²) in [5.41, 5.74) is 1.49. The van der Waals surface area contributed by atoms with Gasteiger partial charge in [-0.15, -0.1) is 0 Å². The van der Waals surface area contributed by atoms with E-state index in [4.69, 9.17) is 17.2 Å². The third kappa shape index (κ3) is 4.28. The highest BCUT2D eigenvalue weighted by atomic mass is 32.1. The van der Waals surface area contributed by atoms with Crippen molar-refractivity contribution < 1.29 is 0 Å². The summed E-state index contributed by atoms with van der Waals surface area (Å²) in [6.07, 6.45) is 6.03. The molecule has 166 valence electrons. The minimum Gasteiger partial charge on any atom is -0.304 e. The van der Waals surface area contributed by atoms with Gasteiger partial charge in [0.2, 0.25) is 0 Å². The average Bonchev–Trinajstić information content (AvgIpc) is 2.95. The quantitative estimate of drug-likeness (QED) is 0.639. The lowest BCUT2D eigenvalue weighted by molar-refractivity contribution is 0.0818. The van der Waals surface area contributed by atoms with Crippen LogP contribution in [-0.2, 0) is 0 Å². The maximum absolute atomic E-state index is 9.26. The van der Waals surface area contributed by atoms with Crippen LogP contribution in [0.5, 0.6) is 0 Å². The van der Waals surface area contributed by atoms with Crippen LogP contribution < -0.4 is 4.90 Å². The molecule has 3 fully saturated rings. The Morgan fingerprint density at radius 3 is 2.19 bits per heavy atom. The van der Waals surface area contributed by atoms with Gasteiger partial charge in [-0.2, -0.15) is 5.26 Å². The Hall–Kier alpha value is -1.81. The van der Waals surface area contributed by atoms with Crippen molar-refractivity contribution in [2.45, 2.75) is 64.5 Å². The molecule has 1 aliphatic carbocycles. The Kier molecular flexibility index (Phi) is 6.22. The molecule has 0 aromatic heterocycles. The number of benzene rings is 1. The van der Waals surface area contributed by atoms with Gasteiger partial charge in [0, 0.05) is 37.3 Å². The third-order valence-corrected chi connectivity index (χ3v) is 7.57. The predicted molar refractivity (Wildman–Crippen MR) is 132 cm³/mol. The molecule has 6 heteroatoms. The lowest BCUT2D eigenvalue weighted by atomic mass is 9.69. The van der Waals surface area contributed by atoms with E-state index in [-0.39, 0.29) is 17.0 Å². The van der Waals surface area contributed by atoms with E-state index >= 15 is 0 Å². The number of rotatable bonds is 2. The van der Waals surface area contributed by atoms with Gasteiger partial charge < -0.3 is 4.90 Å². The highest BCUT2D eigenvalue weighted by Gasteiger charge is 2.57. The number of hydrogen-bond donors (Lipinski definition) is 0. The van der Waals surface area contributed by atoms with Crippen molar-refractivity contribution in [1.29, 1.82) is 5.26 Å². The highest BCUT2D eigenvalue weighted by Crippen LogP contribution is 2.50. The van der Waals surface area contributed by atoms with Gasteiger partial charge in [-0.25, -0.2) is 0 Å². The summed E-state index contributed by atoms with van der Waals surface area (Å²) in [5, 5.41) is 9.26. The SMILES string of the molecule is CN1CCN(C2C(=NC(C)(C)C)N(c3ccc(C#N)cc3)C(=S)C23CCCCC3)CC1. The summed E-state index contributed by atoms with van der Waals surface area (Å²) < 4.78 is 0. The summed E-state index contributed by atoms with van der Waals surface area (Å²) in [5.74, 6) is 1.11. The van der Waals surface area contributed by atoms with Crippen LogP contribution in [-0.4, -0.2) is 65.4 Å². The van der Waals surface area contributed by atoms with Crippen molar-refractivity contribution in [3.05, 3.63) is 29.8 Å². The number of nitrogens with zero attached hydrogens (tertiary/aromatic N) is 5. The van der Waals surface area contributed by atoms with E-state index < -0.39 is 0 Å². The zero-order valence-electron chi connectivity index (χ0n) is 19.4. The normalized spacial score (nSPS) is 26.5. The number of piperazine rings is 1. The van der Waals surface area contributed by atoms with E-state index in [0.29, 0.717) is 5.56 Å². The number of hydrogen-bond acceptors (Lipinski definition) is 5. The van der Waals surface area contributed by atoms with Crippen LogP contribution in [0.1, 0.15) is 58.4 Å². The van der Waals surface area contributed by atoms with Gasteiger partial charge in [-0.05, 0) is 64.9 Å². The lowest BCUT2D eigenvalue weighted by Crippen LogP contribution is -2.57. The van der Waals surface area contributed by atoms with E-state index in [9.17, 15) is 5.26 Å². The molecule has 2 aliphatic heterocycles. The molecule has 0 amide bonds. The van der Waals surface area contributed by atoms with Crippen molar-refractivity contribution in [1.82, 2.24) is 9.80 Å². The van der Waals surface area contributed by atoms with E-state index in [1.165, 1.54) is 19.3 Å². The molecule has 1 aromatic carbocycles. The molecule has 1 saturated carbocycles. The van der Waals surface area contributed by atoms with E-state index in [0.717, 1.165) is 55.5 Å². The number of nitriles is 1. The number of anilines is 1. The van der Waals surface area contributed by atoms with E-state index in [2.05, 4.69) is 48.6 Å². The fraction of sp³-hybridized carbons (Fsp3) is 0.640. The minimum absolute atomic E-state index is 0.0263. The summed E-state index contributed by atoms with van der Waals surface area (Å²) in [7, 11) is 2.21. The van der Waals surface area contributed by atoms with E-state index in [1.54, 1.807) is 0 Å². The van der Waals surface area contributed by atoms with Crippen molar-refractivity contribution in [2.75, 3.05) is 38.1 Å². The molecule has 3 aliphatic rings.